The van der Waals surface area contributed by atoms with Gasteiger partial charge in [-0.25, -0.2) is 0 Å². The van der Waals surface area contributed by atoms with Crippen molar-refractivity contribution in [1.82, 2.24) is 15.5 Å². The van der Waals surface area contributed by atoms with Gasteiger partial charge in [0.2, 0.25) is 11.8 Å². The van der Waals surface area contributed by atoms with Crippen LogP contribution in [-0.4, -0.2) is 48.9 Å². The first-order valence-corrected chi connectivity index (χ1v) is 5.49. The molecule has 2 fully saturated rings. The summed E-state index contributed by atoms with van der Waals surface area (Å²) < 4.78 is 0. The Kier molecular flexibility index (Phi) is 4.56. The van der Waals surface area contributed by atoms with Gasteiger partial charge in [-0.2, -0.15) is 0 Å². The summed E-state index contributed by atoms with van der Waals surface area (Å²) in [4.78, 5) is 25.2. The van der Waals surface area contributed by atoms with E-state index in [-0.39, 0.29) is 36.2 Å². The van der Waals surface area contributed by atoms with Crippen molar-refractivity contribution in [2.45, 2.75) is 19.4 Å². The molecule has 6 heteroatoms. The minimum atomic E-state index is -0.313. The Labute approximate surface area is 101 Å². The average molecular weight is 248 g/mol. The van der Waals surface area contributed by atoms with Crippen molar-refractivity contribution in [2.75, 3.05) is 26.2 Å². The number of nitrogens with zero attached hydrogens (tertiary/aromatic N) is 1. The molecular weight excluding hydrogens is 230 g/mol. The predicted molar refractivity (Wildman–Crippen MR) is 62.4 cm³/mol. The normalized spacial score (nSPS) is 29.6. The summed E-state index contributed by atoms with van der Waals surface area (Å²) in [7, 11) is 0. The fraction of sp³-hybridized carbons (Fsp3) is 0.800. The minimum absolute atomic E-state index is 0. The highest BCUT2D eigenvalue weighted by atomic mass is 35.5. The van der Waals surface area contributed by atoms with Crippen LogP contribution in [0.5, 0.6) is 0 Å². The predicted octanol–water partition coefficient (Wildman–Crippen LogP) is -0.635. The maximum Gasteiger partial charge on any atom is 0.242 e. The second kappa shape index (κ2) is 5.50. The van der Waals surface area contributed by atoms with E-state index in [9.17, 15) is 9.59 Å². The zero-order chi connectivity index (χ0) is 10.8. The van der Waals surface area contributed by atoms with E-state index >= 15 is 0 Å². The number of hydrogen-bond donors (Lipinski definition) is 2. The van der Waals surface area contributed by atoms with Crippen LogP contribution in [0.25, 0.3) is 0 Å². The SMILES string of the molecule is CC1C(=O)NCCN1C(=O)C1CCNC1.Cl. The van der Waals surface area contributed by atoms with E-state index in [1.54, 1.807) is 11.8 Å². The maximum absolute atomic E-state index is 12.1. The summed E-state index contributed by atoms with van der Waals surface area (Å²) in [5, 5.41) is 5.93. The maximum atomic E-state index is 12.1. The third kappa shape index (κ3) is 2.47. The number of carbonyl (C=O) groups excluding carboxylic acids is 2. The van der Waals surface area contributed by atoms with Gasteiger partial charge in [-0.05, 0) is 19.9 Å². The minimum Gasteiger partial charge on any atom is -0.353 e. The fourth-order valence-electron chi connectivity index (χ4n) is 2.18. The van der Waals surface area contributed by atoms with E-state index in [1.165, 1.54) is 0 Å². The quantitative estimate of drug-likeness (QED) is 0.648. The molecule has 92 valence electrons. The van der Waals surface area contributed by atoms with Crippen LogP contribution in [0.4, 0.5) is 0 Å². The van der Waals surface area contributed by atoms with E-state index in [0.29, 0.717) is 13.1 Å². The molecule has 2 N–H and O–H groups in total. The molecule has 2 rings (SSSR count). The molecule has 2 aliphatic heterocycles. The number of nitrogens with one attached hydrogen (secondary N) is 2. The second-order valence-electron chi connectivity index (χ2n) is 4.19. The molecule has 0 aromatic rings. The Morgan fingerprint density at radius 2 is 2.19 bits per heavy atom. The highest BCUT2D eigenvalue weighted by molar-refractivity contribution is 5.89. The van der Waals surface area contributed by atoms with Gasteiger partial charge in [-0.3, -0.25) is 9.59 Å². The molecule has 0 aromatic heterocycles. The van der Waals surface area contributed by atoms with Crippen LogP contribution in [-0.2, 0) is 9.59 Å². The second-order valence-corrected chi connectivity index (χ2v) is 4.19. The average Bonchev–Trinajstić information content (AvgIpc) is 2.74. The Morgan fingerprint density at radius 3 is 2.81 bits per heavy atom. The molecule has 16 heavy (non-hydrogen) atoms. The molecule has 2 heterocycles. The number of hydrogen-bond acceptors (Lipinski definition) is 3. The lowest BCUT2D eigenvalue weighted by Crippen LogP contribution is -2.57. The summed E-state index contributed by atoms with van der Waals surface area (Å²) >= 11 is 0. The van der Waals surface area contributed by atoms with Gasteiger partial charge in [-0.1, -0.05) is 0 Å². The molecular formula is C10H18ClN3O2. The van der Waals surface area contributed by atoms with Gasteiger partial charge in [0.1, 0.15) is 6.04 Å². The van der Waals surface area contributed by atoms with Crippen molar-refractivity contribution in [1.29, 1.82) is 0 Å². The molecule has 2 atom stereocenters. The molecule has 2 aliphatic rings. The van der Waals surface area contributed by atoms with Crippen molar-refractivity contribution < 1.29 is 9.59 Å². The van der Waals surface area contributed by atoms with E-state index in [0.717, 1.165) is 19.5 Å². The largest absolute Gasteiger partial charge is 0.353 e. The number of piperazine rings is 1. The monoisotopic (exact) mass is 247 g/mol. The van der Waals surface area contributed by atoms with Crippen molar-refractivity contribution >= 4 is 24.2 Å². The van der Waals surface area contributed by atoms with Gasteiger partial charge in [0.05, 0.1) is 5.92 Å². The number of carbonyl (C=O) groups is 2. The Balaban J connectivity index is 0.00000128. The smallest absolute Gasteiger partial charge is 0.242 e. The number of rotatable bonds is 1. The van der Waals surface area contributed by atoms with Crippen LogP contribution in [0.1, 0.15) is 13.3 Å². The lowest BCUT2D eigenvalue weighted by Gasteiger charge is -2.34. The van der Waals surface area contributed by atoms with Crippen LogP contribution in [0.3, 0.4) is 0 Å². The third-order valence-electron chi connectivity index (χ3n) is 3.19. The van der Waals surface area contributed by atoms with Crippen LogP contribution >= 0.6 is 12.4 Å². The van der Waals surface area contributed by atoms with Gasteiger partial charge in [0, 0.05) is 19.6 Å². The summed E-state index contributed by atoms with van der Waals surface area (Å²) in [5.41, 5.74) is 0. The van der Waals surface area contributed by atoms with Gasteiger partial charge in [0.15, 0.2) is 0 Å². The number of amides is 2. The Morgan fingerprint density at radius 1 is 1.44 bits per heavy atom. The fourth-order valence-corrected chi connectivity index (χ4v) is 2.18. The van der Waals surface area contributed by atoms with E-state index in [4.69, 9.17) is 0 Å². The van der Waals surface area contributed by atoms with Crippen molar-refractivity contribution in [2.24, 2.45) is 5.92 Å². The molecule has 0 aliphatic carbocycles. The van der Waals surface area contributed by atoms with Crippen molar-refractivity contribution in [3.8, 4) is 0 Å². The Bertz CT molecular complexity index is 279. The molecule has 0 bridgehead atoms. The van der Waals surface area contributed by atoms with Crippen LogP contribution in [0.15, 0.2) is 0 Å². The molecule has 0 spiro atoms. The van der Waals surface area contributed by atoms with Crippen LogP contribution in [0.2, 0.25) is 0 Å². The van der Waals surface area contributed by atoms with Crippen LogP contribution < -0.4 is 10.6 Å². The molecule has 0 saturated carbocycles. The van der Waals surface area contributed by atoms with Gasteiger partial charge >= 0.3 is 0 Å². The first-order valence-electron chi connectivity index (χ1n) is 5.49. The first-order chi connectivity index (χ1) is 7.20. The summed E-state index contributed by atoms with van der Waals surface area (Å²) in [6, 6.07) is -0.313. The number of halogens is 1. The summed E-state index contributed by atoms with van der Waals surface area (Å²) in [5.74, 6) is 0.154. The van der Waals surface area contributed by atoms with Gasteiger partial charge in [-0.15, -0.1) is 12.4 Å². The van der Waals surface area contributed by atoms with E-state index < -0.39 is 0 Å². The topological polar surface area (TPSA) is 61.4 Å². The molecule has 2 saturated heterocycles. The van der Waals surface area contributed by atoms with Gasteiger partial charge in [0.25, 0.3) is 0 Å². The van der Waals surface area contributed by atoms with Crippen LogP contribution in [0, 0.1) is 5.92 Å². The van der Waals surface area contributed by atoms with Gasteiger partial charge < -0.3 is 15.5 Å². The third-order valence-corrected chi connectivity index (χ3v) is 3.19. The van der Waals surface area contributed by atoms with E-state index in [2.05, 4.69) is 10.6 Å². The first kappa shape index (κ1) is 13.3. The summed E-state index contributed by atoms with van der Waals surface area (Å²) in [6.07, 6.45) is 0.893. The van der Waals surface area contributed by atoms with Crippen molar-refractivity contribution in [3.63, 3.8) is 0 Å². The molecule has 0 radical (unpaired) electrons. The molecule has 2 amide bonds. The molecule has 2 unspecified atom stereocenters. The molecule has 5 nitrogen and oxygen atoms in total. The standard InChI is InChI=1S/C10H17N3O2.ClH/c1-7-9(14)12-4-5-13(7)10(15)8-2-3-11-6-8;/h7-8,11H,2-6H2,1H3,(H,12,14);1H. The van der Waals surface area contributed by atoms with E-state index in [1.807, 2.05) is 0 Å². The molecule has 0 aromatic carbocycles. The van der Waals surface area contributed by atoms with Crippen molar-refractivity contribution in [3.05, 3.63) is 0 Å². The zero-order valence-electron chi connectivity index (χ0n) is 9.36. The highest BCUT2D eigenvalue weighted by Gasteiger charge is 2.34. The zero-order valence-corrected chi connectivity index (χ0v) is 10.2. The lowest BCUT2D eigenvalue weighted by atomic mass is 10.1. The summed E-state index contributed by atoms with van der Waals surface area (Å²) in [6.45, 7) is 4.67. The highest BCUT2D eigenvalue weighted by Crippen LogP contribution is 2.15. The lowest BCUT2D eigenvalue weighted by molar-refractivity contribution is -0.145. The Hall–Kier alpha value is -0.810.